The standard InChI is InChI=1S/C13H20N4O2/c1-4-5-6-7-8-9-14-10-11(15-9)16(2)13(19)17(3)12(10)18/h4-8H2,1-3H3,(H,14,15). The molecule has 104 valence electrons. The van der Waals surface area contributed by atoms with Gasteiger partial charge in [-0.1, -0.05) is 26.2 Å². The molecule has 0 aliphatic carbocycles. The fraction of sp³-hybridized carbons (Fsp3) is 0.615. The van der Waals surface area contributed by atoms with E-state index in [-0.39, 0.29) is 11.2 Å². The number of hydrogen-bond donors (Lipinski definition) is 1. The number of nitrogens with one attached hydrogen (secondary N) is 1. The maximum absolute atomic E-state index is 12.0. The first-order chi connectivity index (χ1) is 9.06. The SMILES string of the molecule is CCCCCCc1nc2c([nH]1)c(=O)n(C)c(=O)n2C. The average molecular weight is 264 g/mol. The lowest BCUT2D eigenvalue weighted by Crippen LogP contribution is -2.36. The quantitative estimate of drug-likeness (QED) is 0.821. The van der Waals surface area contributed by atoms with Crippen LogP contribution in [0.2, 0.25) is 0 Å². The predicted molar refractivity (Wildman–Crippen MR) is 74.4 cm³/mol. The number of imidazole rings is 1. The number of fused-ring (bicyclic) bond motifs is 1. The molecule has 0 atom stereocenters. The minimum Gasteiger partial charge on any atom is -0.336 e. The second-order valence-corrected chi connectivity index (χ2v) is 4.90. The highest BCUT2D eigenvalue weighted by Crippen LogP contribution is 2.08. The Morgan fingerprint density at radius 3 is 2.53 bits per heavy atom. The van der Waals surface area contributed by atoms with Crippen molar-refractivity contribution in [2.45, 2.75) is 39.0 Å². The molecule has 0 aliphatic rings. The van der Waals surface area contributed by atoms with Crippen LogP contribution in [0.25, 0.3) is 11.2 Å². The van der Waals surface area contributed by atoms with Crippen LogP contribution in [0.15, 0.2) is 9.59 Å². The molecule has 2 rings (SSSR count). The first-order valence-electron chi connectivity index (χ1n) is 6.70. The van der Waals surface area contributed by atoms with Gasteiger partial charge in [0.05, 0.1) is 0 Å². The zero-order valence-electron chi connectivity index (χ0n) is 11.7. The largest absolute Gasteiger partial charge is 0.336 e. The lowest BCUT2D eigenvalue weighted by Gasteiger charge is -2.00. The summed E-state index contributed by atoms with van der Waals surface area (Å²) in [5.74, 6) is 0.782. The summed E-state index contributed by atoms with van der Waals surface area (Å²) in [6.45, 7) is 2.17. The van der Waals surface area contributed by atoms with Gasteiger partial charge < -0.3 is 4.98 Å². The van der Waals surface area contributed by atoms with Crippen molar-refractivity contribution in [3.8, 4) is 0 Å². The Morgan fingerprint density at radius 2 is 1.84 bits per heavy atom. The molecule has 0 amide bonds. The molecule has 2 aromatic heterocycles. The lowest BCUT2D eigenvalue weighted by atomic mass is 10.1. The molecule has 2 aromatic rings. The van der Waals surface area contributed by atoms with E-state index in [0.29, 0.717) is 11.2 Å². The smallest absolute Gasteiger partial charge is 0.332 e. The number of nitrogens with zero attached hydrogens (tertiary/aromatic N) is 3. The van der Waals surface area contributed by atoms with Gasteiger partial charge in [0.2, 0.25) is 0 Å². The molecule has 6 heteroatoms. The van der Waals surface area contributed by atoms with Crippen molar-refractivity contribution in [1.29, 1.82) is 0 Å². The van der Waals surface area contributed by atoms with Crippen molar-refractivity contribution >= 4 is 11.2 Å². The van der Waals surface area contributed by atoms with Crippen LogP contribution in [-0.2, 0) is 20.5 Å². The molecule has 0 spiro atoms. The normalized spacial score (nSPS) is 11.3. The molecular formula is C13H20N4O2. The maximum atomic E-state index is 12.0. The highest BCUT2D eigenvalue weighted by Gasteiger charge is 2.12. The third-order valence-electron chi connectivity index (χ3n) is 3.41. The fourth-order valence-electron chi connectivity index (χ4n) is 2.21. The van der Waals surface area contributed by atoms with E-state index in [9.17, 15) is 9.59 Å². The van der Waals surface area contributed by atoms with Gasteiger partial charge in [0.15, 0.2) is 5.65 Å². The van der Waals surface area contributed by atoms with Crippen LogP contribution in [0.3, 0.4) is 0 Å². The Bertz CT molecular complexity index is 693. The van der Waals surface area contributed by atoms with Crippen LogP contribution in [0, 0.1) is 0 Å². The Balaban J connectivity index is 2.36. The molecule has 0 radical (unpaired) electrons. The number of hydrogen-bond acceptors (Lipinski definition) is 3. The monoisotopic (exact) mass is 264 g/mol. The number of aromatic amines is 1. The molecular weight excluding hydrogens is 244 g/mol. The summed E-state index contributed by atoms with van der Waals surface area (Å²) in [6.07, 6.45) is 5.41. The van der Waals surface area contributed by atoms with Crippen molar-refractivity contribution in [2.75, 3.05) is 0 Å². The molecule has 0 bridgehead atoms. The van der Waals surface area contributed by atoms with Crippen molar-refractivity contribution < 1.29 is 0 Å². The number of unbranched alkanes of at least 4 members (excludes halogenated alkanes) is 3. The second kappa shape index (κ2) is 5.42. The van der Waals surface area contributed by atoms with Gasteiger partial charge in [0, 0.05) is 20.5 Å². The molecule has 0 unspecified atom stereocenters. The molecule has 0 fully saturated rings. The third-order valence-corrected chi connectivity index (χ3v) is 3.41. The van der Waals surface area contributed by atoms with Gasteiger partial charge in [-0.2, -0.15) is 0 Å². The molecule has 0 aromatic carbocycles. The number of aromatic nitrogens is 4. The van der Waals surface area contributed by atoms with Crippen LogP contribution in [0.4, 0.5) is 0 Å². The topological polar surface area (TPSA) is 72.7 Å². The van der Waals surface area contributed by atoms with Gasteiger partial charge in [-0.25, -0.2) is 9.78 Å². The number of H-pyrrole nitrogens is 1. The molecule has 6 nitrogen and oxygen atoms in total. The zero-order valence-corrected chi connectivity index (χ0v) is 11.7. The molecule has 0 saturated heterocycles. The van der Waals surface area contributed by atoms with Crippen molar-refractivity contribution in [3.05, 3.63) is 26.7 Å². The van der Waals surface area contributed by atoms with Gasteiger partial charge in [-0.05, 0) is 6.42 Å². The average Bonchev–Trinajstić information content (AvgIpc) is 2.83. The van der Waals surface area contributed by atoms with E-state index >= 15 is 0 Å². The molecule has 1 N–H and O–H groups in total. The Morgan fingerprint density at radius 1 is 1.11 bits per heavy atom. The minimum absolute atomic E-state index is 0.314. The van der Waals surface area contributed by atoms with Gasteiger partial charge in [0.1, 0.15) is 11.3 Å². The number of rotatable bonds is 5. The van der Waals surface area contributed by atoms with E-state index in [0.717, 1.165) is 29.7 Å². The molecule has 2 heterocycles. The summed E-state index contributed by atoms with van der Waals surface area (Å²) in [7, 11) is 3.11. The first-order valence-corrected chi connectivity index (χ1v) is 6.70. The second-order valence-electron chi connectivity index (χ2n) is 4.90. The Hall–Kier alpha value is -1.85. The van der Waals surface area contributed by atoms with Crippen LogP contribution in [-0.4, -0.2) is 19.1 Å². The summed E-state index contributed by atoms with van der Waals surface area (Å²) >= 11 is 0. The molecule has 0 aliphatic heterocycles. The van der Waals surface area contributed by atoms with Crippen molar-refractivity contribution in [3.63, 3.8) is 0 Å². The Labute approximate surface area is 111 Å². The summed E-state index contributed by atoms with van der Waals surface area (Å²) in [5.41, 5.74) is 0.195. The van der Waals surface area contributed by atoms with E-state index in [2.05, 4.69) is 16.9 Å². The predicted octanol–water partition coefficient (Wildman–Crippen LogP) is 1.08. The number of aryl methyl sites for hydroxylation is 2. The maximum Gasteiger partial charge on any atom is 0.332 e. The van der Waals surface area contributed by atoms with Crippen LogP contribution in [0.5, 0.6) is 0 Å². The lowest BCUT2D eigenvalue weighted by molar-refractivity contribution is 0.655. The third kappa shape index (κ3) is 2.47. The van der Waals surface area contributed by atoms with E-state index in [1.165, 1.54) is 24.5 Å². The zero-order chi connectivity index (χ0) is 14.0. The van der Waals surface area contributed by atoms with Crippen molar-refractivity contribution in [1.82, 2.24) is 19.1 Å². The highest BCUT2D eigenvalue weighted by atomic mass is 16.2. The van der Waals surface area contributed by atoms with Gasteiger partial charge in [-0.3, -0.25) is 13.9 Å². The Kier molecular flexibility index (Phi) is 3.87. The molecule has 19 heavy (non-hydrogen) atoms. The van der Waals surface area contributed by atoms with E-state index in [4.69, 9.17) is 0 Å². The van der Waals surface area contributed by atoms with E-state index in [1.54, 1.807) is 7.05 Å². The fourth-order valence-corrected chi connectivity index (χ4v) is 2.21. The van der Waals surface area contributed by atoms with Crippen LogP contribution >= 0.6 is 0 Å². The first kappa shape index (κ1) is 13.6. The van der Waals surface area contributed by atoms with Crippen molar-refractivity contribution in [2.24, 2.45) is 14.1 Å². The summed E-state index contributed by atoms with van der Waals surface area (Å²) in [4.78, 5) is 31.2. The highest BCUT2D eigenvalue weighted by molar-refractivity contribution is 5.69. The van der Waals surface area contributed by atoms with E-state index in [1.807, 2.05) is 0 Å². The van der Waals surface area contributed by atoms with Gasteiger partial charge in [-0.15, -0.1) is 0 Å². The molecule has 0 saturated carbocycles. The summed E-state index contributed by atoms with van der Waals surface area (Å²) < 4.78 is 2.50. The summed E-state index contributed by atoms with van der Waals surface area (Å²) in [5, 5.41) is 0. The van der Waals surface area contributed by atoms with Crippen LogP contribution < -0.4 is 11.2 Å². The van der Waals surface area contributed by atoms with Crippen LogP contribution in [0.1, 0.15) is 38.4 Å². The van der Waals surface area contributed by atoms with Gasteiger partial charge in [0.25, 0.3) is 5.56 Å². The van der Waals surface area contributed by atoms with Gasteiger partial charge >= 0.3 is 5.69 Å². The van der Waals surface area contributed by atoms with E-state index < -0.39 is 0 Å². The minimum atomic E-state index is -0.346. The summed E-state index contributed by atoms with van der Waals surface area (Å²) in [6, 6.07) is 0.